The zero-order valence-corrected chi connectivity index (χ0v) is 12.0. The number of nitrogens with one attached hydrogen (secondary N) is 1. The average molecular weight is 312 g/mol. The fourth-order valence-electron chi connectivity index (χ4n) is 1.75. The lowest BCUT2D eigenvalue weighted by atomic mass is 10.2. The van der Waals surface area contributed by atoms with Crippen molar-refractivity contribution in [2.75, 3.05) is 13.2 Å². The van der Waals surface area contributed by atoms with Gasteiger partial charge < -0.3 is 14.5 Å². The molecule has 0 spiro atoms. The maximum absolute atomic E-state index is 13.5. The second-order valence-electron chi connectivity index (χ2n) is 4.34. The molecule has 0 aliphatic carbocycles. The Morgan fingerprint density at radius 2 is 2.19 bits per heavy atom. The minimum atomic E-state index is -0.630. The van der Waals surface area contributed by atoms with Crippen LogP contribution in [-0.4, -0.2) is 19.1 Å². The van der Waals surface area contributed by atoms with Crippen LogP contribution in [0.15, 0.2) is 41.0 Å². The fourth-order valence-corrected chi connectivity index (χ4v) is 2.00. The van der Waals surface area contributed by atoms with E-state index in [0.717, 1.165) is 5.76 Å². The van der Waals surface area contributed by atoms with E-state index in [1.807, 2.05) is 6.07 Å². The summed E-state index contributed by atoms with van der Waals surface area (Å²) in [6, 6.07) is 7.75. The molecule has 1 aromatic heterocycles. The van der Waals surface area contributed by atoms with E-state index in [4.69, 9.17) is 20.8 Å². The summed E-state index contributed by atoms with van der Waals surface area (Å²) in [7, 11) is 0. The van der Waals surface area contributed by atoms with Crippen LogP contribution in [0.3, 0.4) is 0 Å². The van der Waals surface area contributed by atoms with Gasteiger partial charge in [0.15, 0.2) is 0 Å². The van der Waals surface area contributed by atoms with Crippen molar-refractivity contribution in [2.45, 2.75) is 13.0 Å². The van der Waals surface area contributed by atoms with Gasteiger partial charge in [-0.15, -0.1) is 0 Å². The third-order valence-corrected chi connectivity index (χ3v) is 3.08. The molecule has 1 heterocycles. The van der Waals surface area contributed by atoms with Gasteiger partial charge >= 0.3 is 0 Å². The van der Waals surface area contributed by atoms with Crippen molar-refractivity contribution in [3.8, 4) is 0 Å². The topological polar surface area (TPSA) is 51.5 Å². The Hall–Kier alpha value is -1.85. The van der Waals surface area contributed by atoms with E-state index in [1.54, 1.807) is 12.3 Å². The molecular formula is C15H15ClFNO3. The molecule has 0 bridgehead atoms. The molecule has 0 saturated carbocycles. The Balaban J connectivity index is 1.67. The number of amides is 1. The average Bonchev–Trinajstić information content (AvgIpc) is 2.95. The van der Waals surface area contributed by atoms with Crippen LogP contribution in [-0.2, 0) is 11.3 Å². The summed E-state index contributed by atoms with van der Waals surface area (Å²) in [5.41, 5.74) is -0.129. The van der Waals surface area contributed by atoms with Crippen molar-refractivity contribution in [1.29, 1.82) is 0 Å². The zero-order valence-electron chi connectivity index (χ0n) is 11.3. The predicted octanol–water partition coefficient (Wildman–Crippen LogP) is 3.41. The third kappa shape index (κ3) is 4.58. The van der Waals surface area contributed by atoms with Crippen molar-refractivity contribution in [3.05, 3.63) is 58.8 Å². The van der Waals surface area contributed by atoms with Gasteiger partial charge in [-0.2, -0.15) is 0 Å². The molecule has 112 valence electrons. The van der Waals surface area contributed by atoms with Crippen LogP contribution in [0.5, 0.6) is 0 Å². The van der Waals surface area contributed by atoms with Crippen LogP contribution in [0.4, 0.5) is 4.39 Å². The molecule has 0 saturated heterocycles. The third-order valence-electron chi connectivity index (χ3n) is 2.77. The van der Waals surface area contributed by atoms with Crippen LogP contribution >= 0.6 is 11.6 Å². The SMILES string of the molecule is O=C(NCCCOCc1ccco1)c1c(F)cccc1Cl. The smallest absolute Gasteiger partial charge is 0.255 e. The molecular weight excluding hydrogens is 297 g/mol. The summed E-state index contributed by atoms with van der Waals surface area (Å²) in [6.45, 7) is 1.23. The van der Waals surface area contributed by atoms with Crippen molar-refractivity contribution in [2.24, 2.45) is 0 Å². The summed E-state index contributed by atoms with van der Waals surface area (Å²) < 4.78 is 24.0. The fraction of sp³-hybridized carbons (Fsp3) is 0.267. The molecule has 1 N–H and O–H groups in total. The van der Waals surface area contributed by atoms with Crippen LogP contribution in [0.25, 0.3) is 0 Å². The van der Waals surface area contributed by atoms with Gasteiger partial charge in [0.2, 0.25) is 0 Å². The van der Waals surface area contributed by atoms with E-state index in [0.29, 0.717) is 26.2 Å². The molecule has 0 aliphatic heterocycles. The first-order valence-electron chi connectivity index (χ1n) is 6.51. The lowest BCUT2D eigenvalue weighted by Crippen LogP contribution is -2.26. The molecule has 0 aliphatic rings. The quantitative estimate of drug-likeness (QED) is 0.797. The maximum atomic E-state index is 13.5. The Morgan fingerprint density at radius 3 is 2.90 bits per heavy atom. The van der Waals surface area contributed by atoms with E-state index in [9.17, 15) is 9.18 Å². The molecule has 2 rings (SSSR count). The van der Waals surface area contributed by atoms with Crippen LogP contribution in [0.1, 0.15) is 22.5 Å². The van der Waals surface area contributed by atoms with Crippen LogP contribution in [0.2, 0.25) is 5.02 Å². The van der Waals surface area contributed by atoms with Gasteiger partial charge in [0, 0.05) is 13.2 Å². The molecule has 0 unspecified atom stereocenters. The van der Waals surface area contributed by atoms with Gasteiger partial charge in [-0.25, -0.2) is 4.39 Å². The van der Waals surface area contributed by atoms with E-state index in [2.05, 4.69) is 5.32 Å². The Kier molecular flexibility index (Phi) is 5.78. The first-order valence-corrected chi connectivity index (χ1v) is 6.88. The number of hydrogen-bond acceptors (Lipinski definition) is 3. The summed E-state index contributed by atoms with van der Waals surface area (Å²) in [5.74, 6) is -0.407. The molecule has 0 fully saturated rings. The van der Waals surface area contributed by atoms with Gasteiger partial charge in [0.1, 0.15) is 18.2 Å². The highest BCUT2D eigenvalue weighted by Crippen LogP contribution is 2.18. The predicted molar refractivity (Wildman–Crippen MR) is 76.7 cm³/mol. The maximum Gasteiger partial charge on any atom is 0.255 e. The Morgan fingerprint density at radius 1 is 1.33 bits per heavy atom. The number of furan rings is 1. The normalized spacial score (nSPS) is 10.6. The molecule has 0 radical (unpaired) electrons. The van der Waals surface area contributed by atoms with Crippen molar-refractivity contribution in [3.63, 3.8) is 0 Å². The number of rotatable bonds is 7. The van der Waals surface area contributed by atoms with Gasteiger partial charge in [-0.1, -0.05) is 17.7 Å². The minimum Gasteiger partial charge on any atom is -0.467 e. The summed E-state index contributed by atoms with van der Waals surface area (Å²) in [4.78, 5) is 11.8. The van der Waals surface area contributed by atoms with E-state index >= 15 is 0 Å². The standard InChI is InChI=1S/C15H15ClFNO3/c16-12-5-1-6-13(17)14(12)15(19)18-7-3-8-20-10-11-4-2-9-21-11/h1-2,4-6,9H,3,7-8,10H2,(H,18,19). The van der Waals surface area contributed by atoms with Crippen LogP contribution < -0.4 is 5.32 Å². The van der Waals surface area contributed by atoms with E-state index < -0.39 is 11.7 Å². The first-order chi connectivity index (χ1) is 10.2. The number of halogens is 2. The highest BCUT2D eigenvalue weighted by Gasteiger charge is 2.14. The zero-order chi connectivity index (χ0) is 15.1. The second-order valence-corrected chi connectivity index (χ2v) is 4.75. The summed E-state index contributed by atoms with van der Waals surface area (Å²) in [5, 5.41) is 2.71. The number of hydrogen-bond donors (Lipinski definition) is 1. The molecule has 2 aromatic rings. The molecule has 6 heteroatoms. The highest BCUT2D eigenvalue weighted by atomic mass is 35.5. The number of carbonyl (C=O) groups excluding carboxylic acids is 1. The Bertz CT molecular complexity index is 566. The Labute approximate surface area is 126 Å². The second kappa shape index (κ2) is 7.81. The van der Waals surface area contributed by atoms with Crippen molar-refractivity contribution < 1.29 is 18.3 Å². The largest absolute Gasteiger partial charge is 0.467 e. The minimum absolute atomic E-state index is 0.0987. The molecule has 1 aromatic carbocycles. The van der Waals surface area contributed by atoms with Crippen molar-refractivity contribution >= 4 is 17.5 Å². The lowest BCUT2D eigenvalue weighted by molar-refractivity contribution is 0.0914. The summed E-state index contributed by atoms with van der Waals surface area (Å²) in [6.07, 6.45) is 2.19. The van der Waals surface area contributed by atoms with Gasteiger partial charge in [-0.3, -0.25) is 4.79 Å². The highest BCUT2D eigenvalue weighted by molar-refractivity contribution is 6.33. The first kappa shape index (κ1) is 15.5. The number of benzene rings is 1. The lowest BCUT2D eigenvalue weighted by Gasteiger charge is -2.07. The molecule has 21 heavy (non-hydrogen) atoms. The monoisotopic (exact) mass is 311 g/mol. The van der Waals surface area contributed by atoms with Crippen molar-refractivity contribution in [1.82, 2.24) is 5.32 Å². The molecule has 1 amide bonds. The number of ether oxygens (including phenoxy) is 1. The molecule has 4 nitrogen and oxygen atoms in total. The molecule has 0 atom stereocenters. The van der Waals surface area contributed by atoms with E-state index in [-0.39, 0.29) is 10.6 Å². The van der Waals surface area contributed by atoms with Crippen LogP contribution in [0, 0.1) is 5.82 Å². The summed E-state index contributed by atoms with van der Waals surface area (Å²) >= 11 is 5.81. The van der Waals surface area contributed by atoms with E-state index in [1.165, 1.54) is 18.2 Å². The van der Waals surface area contributed by atoms with Gasteiger partial charge in [-0.05, 0) is 30.7 Å². The van der Waals surface area contributed by atoms with Gasteiger partial charge in [0.25, 0.3) is 5.91 Å². The van der Waals surface area contributed by atoms with Gasteiger partial charge in [0.05, 0.1) is 16.8 Å². The number of carbonyl (C=O) groups is 1.